The molecular formula is C11H13N3O5. The van der Waals surface area contributed by atoms with E-state index in [1.807, 2.05) is 0 Å². The van der Waals surface area contributed by atoms with Crippen LogP contribution in [0.1, 0.15) is 17.3 Å². The van der Waals surface area contributed by atoms with Gasteiger partial charge in [-0.1, -0.05) is 0 Å². The molecule has 1 aromatic carbocycles. The van der Waals surface area contributed by atoms with Crippen molar-refractivity contribution in [1.82, 2.24) is 4.90 Å². The fourth-order valence-corrected chi connectivity index (χ4v) is 1.37. The number of hydrogen-bond donors (Lipinski definition) is 2. The summed E-state index contributed by atoms with van der Waals surface area (Å²) in [7, 11) is 1.29. The Labute approximate surface area is 108 Å². The number of benzene rings is 1. The smallest absolute Gasteiger partial charge is 0.326 e. The van der Waals surface area contributed by atoms with Gasteiger partial charge in [0.2, 0.25) is 0 Å². The number of nitro benzene ring substituents is 1. The van der Waals surface area contributed by atoms with Gasteiger partial charge in [0.1, 0.15) is 6.04 Å². The number of hydrogen-bond acceptors (Lipinski definition) is 5. The topological polar surface area (TPSA) is 127 Å². The van der Waals surface area contributed by atoms with Gasteiger partial charge in [-0.05, 0) is 13.0 Å². The number of non-ortho nitro benzene ring substituents is 1. The van der Waals surface area contributed by atoms with Crippen molar-refractivity contribution in [3.8, 4) is 0 Å². The van der Waals surface area contributed by atoms with Crippen LogP contribution >= 0.6 is 0 Å². The summed E-state index contributed by atoms with van der Waals surface area (Å²) in [5.41, 5.74) is 5.27. The quantitative estimate of drug-likeness (QED) is 0.470. The number of carbonyl (C=O) groups is 2. The molecule has 1 rings (SSSR count). The molecule has 8 nitrogen and oxygen atoms in total. The van der Waals surface area contributed by atoms with Crippen LogP contribution in [-0.2, 0) is 4.79 Å². The van der Waals surface area contributed by atoms with Crippen LogP contribution in [0.3, 0.4) is 0 Å². The van der Waals surface area contributed by atoms with Crippen molar-refractivity contribution in [3.63, 3.8) is 0 Å². The minimum Gasteiger partial charge on any atom is -0.480 e. The average molecular weight is 267 g/mol. The number of carboxylic acids is 1. The standard InChI is InChI=1S/C11H13N3O5/c1-6(11(16)17)13(2)10(15)8-5-7(14(18)19)3-4-9(8)12/h3-6H,12H2,1-2H3,(H,16,17). The van der Waals surface area contributed by atoms with Gasteiger partial charge in [-0.15, -0.1) is 0 Å². The Morgan fingerprint density at radius 3 is 2.53 bits per heavy atom. The highest BCUT2D eigenvalue weighted by Gasteiger charge is 2.25. The molecule has 0 saturated carbocycles. The number of nitrogens with zero attached hydrogens (tertiary/aromatic N) is 2. The first-order chi connectivity index (χ1) is 8.75. The number of carboxylic acid groups (broad SMARTS) is 1. The zero-order valence-corrected chi connectivity index (χ0v) is 10.4. The average Bonchev–Trinajstić information content (AvgIpc) is 2.36. The van der Waals surface area contributed by atoms with E-state index >= 15 is 0 Å². The molecule has 0 radical (unpaired) electrons. The monoisotopic (exact) mass is 267 g/mol. The number of anilines is 1. The van der Waals surface area contributed by atoms with Crippen molar-refractivity contribution in [3.05, 3.63) is 33.9 Å². The molecule has 19 heavy (non-hydrogen) atoms. The fraction of sp³-hybridized carbons (Fsp3) is 0.273. The molecule has 0 aliphatic heterocycles. The minimum atomic E-state index is -1.18. The van der Waals surface area contributed by atoms with Gasteiger partial charge in [0.25, 0.3) is 11.6 Å². The molecule has 3 N–H and O–H groups in total. The first-order valence-corrected chi connectivity index (χ1v) is 5.29. The predicted molar refractivity (Wildman–Crippen MR) is 66.7 cm³/mol. The Hall–Kier alpha value is -2.64. The predicted octanol–water partition coefficient (Wildman–Crippen LogP) is 0.722. The molecule has 1 unspecified atom stereocenters. The van der Waals surface area contributed by atoms with Crippen molar-refractivity contribution in [2.24, 2.45) is 0 Å². The van der Waals surface area contributed by atoms with Crippen LogP contribution in [0.15, 0.2) is 18.2 Å². The second-order valence-corrected chi connectivity index (χ2v) is 3.96. The molecule has 1 atom stereocenters. The van der Waals surface area contributed by atoms with Crippen molar-refractivity contribution in [1.29, 1.82) is 0 Å². The summed E-state index contributed by atoms with van der Waals surface area (Å²) in [6, 6.07) is 2.38. The first-order valence-electron chi connectivity index (χ1n) is 5.29. The van der Waals surface area contributed by atoms with Gasteiger partial charge < -0.3 is 15.7 Å². The zero-order valence-electron chi connectivity index (χ0n) is 10.4. The van der Waals surface area contributed by atoms with Crippen LogP contribution in [-0.4, -0.2) is 39.9 Å². The van der Waals surface area contributed by atoms with Crippen molar-refractivity contribution < 1.29 is 19.6 Å². The maximum absolute atomic E-state index is 12.0. The summed E-state index contributed by atoms with van der Waals surface area (Å²) < 4.78 is 0. The van der Waals surface area contributed by atoms with E-state index in [1.165, 1.54) is 26.1 Å². The molecule has 0 aliphatic carbocycles. The van der Waals surface area contributed by atoms with Gasteiger partial charge in [-0.25, -0.2) is 4.79 Å². The third kappa shape index (κ3) is 2.97. The van der Waals surface area contributed by atoms with Gasteiger partial charge in [0, 0.05) is 24.9 Å². The summed E-state index contributed by atoms with van der Waals surface area (Å²) in [6.45, 7) is 1.33. The van der Waals surface area contributed by atoms with E-state index in [0.717, 1.165) is 11.0 Å². The number of rotatable bonds is 4. The van der Waals surface area contributed by atoms with Crippen LogP contribution in [0, 0.1) is 10.1 Å². The maximum Gasteiger partial charge on any atom is 0.326 e. The van der Waals surface area contributed by atoms with Crippen LogP contribution < -0.4 is 5.73 Å². The number of amides is 1. The highest BCUT2D eigenvalue weighted by atomic mass is 16.6. The van der Waals surface area contributed by atoms with Gasteiger partial charge in [-0.2, -0.15) is 0 Å². The molecule has 0 fully saturated rings. The van der Waals surface area contributed by atoms with Crippen molar-refractivity contribution in [2.45, 2.75) is 13.0 Å². The van der Waals surface area contributed by atoms with E-state index in [1.54, 1.807) is 0 Å². The number of nitro groups is 1. The summed E-state index contributed by atoms with van der Waals surface area (Å²) in [4.78, 5) is 33.8. The molecule has 102 valence electrons. The number of aliphatic carboxylic acids is 1. The molecule has 0 bridgehead atoms. The first kappa shape index (κ1) is 14.4. The number of nitrogens with two attached hydrogens (primary N) is 1. The molecule has 0 aliphatic rings. The second-order valence-electron chi connectivity index (χ2n) is 3.96. The Morgan fingerprint density at radius 2 is 2.05 bits per heavy atom. The molecule has 0 spiro atoms. The molecule has 1 amide bonds. The third-order valence-corrected chi connectivity index (χ3v) is 2.74. The minimum absolute atomic E-state index is 0.0556. The van der Waals surface area contributed by atoms with Crippen LogP contribution in [0.4, 0.5) is 11.4 Å². The van der Waals surface area contributed by atoms with Crippen molar-refractivity contribution in [2.75, 3.05) is 12.8 Å². The Bertz CT molecular complexity index is 543. The number of carbonyl (C=O) groups excluding carboxylic acids is 1. The summed E-state index contributed by atoms with van der Waals surface area (Å²) >= 11 is 0. The van der Waals surface area contributed by atoms with Crippen molar-refractivity contribution >= 4 is 23.3 Å². The Kier molecular flexibility index (Phi) is 4.05. The van der Waals surface area contributed by atoms with Crippen LogP contribution in [0.25, 0.3) is 0 Å². The normalized spacial score (nSPS) is 11.7. The SMILES string of the molecule is CC(C(=O)O)N(C)C(=O)c1cc([N+](=O)[O-])ccc1N. The lowest BCUT2D eigenvalue weighted by Gasteiger charge is -2.22. The summed E-state index contributed by atoms with van der Waals surface area (Å²) in [5, 5.41) is 19.5. The molecular weight excluding hydrogens is 254 g/mol. The molecule has 0 heterocycles. The summed E-state index contributed by atoms with van der Waals surface area (Å²) in [6.07, 6.45) is 0. The Balaban J connectivity index is 3.15. The Morgan fingerprint density at radius 1 is 1.47 bits per heavy atom. The highest BCUT2D eigenvalue weighted by Crippen LogP contribution is 2.21. The lowest BCUT2D eigenvalue weighted by molar-refractivity contribution is -0.384. The van der Waals surface area contributed by atoms with Crippen LogP contribution in [0.5, 0.6) is 0 Å². The lowest BCUT2D eigenvalue weighted by atomic mass is 10.1. The van der Waals surface area contributed by atoms with E-state index in [2.05, 4.69) is 0 Å². The van der Waals surface area contributed by atoms with Crippen LogP contribution in [0.2, 0.25) is 0 Å². The molecule has 1 aromatic rings. The van der Waals surface area contributed by atoms with E-state index in [0.29, 0.717) is 0 Å². The lowest BCUT2D eigenvalue weighted by Crippen LogP contribution is -2.40. The second kappa shape index (κ2) is 5.34. The number of nitrogen functional groups attached to an aromatic ring is 1. The van der Waals surface area contributed by atoms with E-state index < -0.39 is 22.8 Å². The third-order valence-electron chi connectivity index (χ3n) is 2.74. The van der Waals surface area contributed by atoms with E-state index in [-0.39, 0.29) is 16.9 Å². The number of likely N-dealkylation sites (N-methyl/N-ethyl adjacent to an activating group) is 1. The highest BCUT2D eigenvalue weighted by molar-refractivity contribution is 6.01. The molecule has 8 heteroatoms. The van der Waals surface area contributed by atoms with Gasteiger partial charge >= 0.3 is 5.97 Å². The van der Waals surface area contributed by atoms with Gasteiger partial charge in [0.15, 0.2) is 0 Å². The van der Waals surface area contributed by atoms with Gasteiger partial charge in [-0.3, -0.25) is 14.9 Å². The fourth-order valence-electron chi connectivity index (χ4n) is 1.37. The summed E-state index contributed by atoms with van der Waals surface area (Å²) in [5.74, 6) is -1.86. The largest absolute Gasteiger partial charge is 0.480 e. The van der Waals surface area contributed by atoms with E-state index in [4.69, 9.17) is 10.8 Å². The van der Waals surface area contributed by atoms with E-state index in [9.17, 15) is 19.7 Å². The van der Waals surface area contributed by atoms with Gasteiger partial charge in [0.05, 0.1) is 10.5 Å². The molecule has 0 saturated heterocycles. The molecule has 0 aromatic heterocycles. The maximum atomic E-state index is 12.0. The zero-order chi connectivity index (χ0) is 14.7.